The van der Waals surface area contributed by atoms with Crippen LogP contribution in [0.1, 0.15) is 38.5 Å². The first-order valence-electron chi connectivity index (χ1n) is 4.73. The van der Waals surface area contributed by atoms with E-state index in [1.165, 1.54) is 31.3 Å². The van der Waals surface area contributed by atoms with E-state index in [1.54, 1.807) is 0 Å². The third-order valence-electron chi connectivity index (χ3n) is 2.39. The molecule has 0 amide bonds. The smallest absolute Gasteiger partial charge is 0.0637 e. The molecule has 0 saturated heterocycles. The van der Waals surface area contributed by atoms with Gasteiger partial charge in [0.15, 0.2) is 0 Å². The van der Waals surface area contributed by atoms with Gasteiger partial charge < -0.3 is 0 Å². The lowest BCUT2D eigenvalue weighted by atomic mass is 9.98. The second kappa shape index (κ2) is 6.31. The maximum absolute atomic E-state index is 5.86. The SMILES string of the molecule is S=C=N/C1=C(\CCl)CCCCCC1. The Labute approximate surface area is 89.9 Å². The number of nitrogens with zero attached hydrogens (tertiary/aromatic N) is 1. The molecule has 0 aromatic heterocycles. The molecule has 0 radical (unpaired) electrons. The van der Waals surface area contributed by atoms with E-state index >= 15 is 0 Å². The van der Waals surface area contributed by atoms with Crippen molar-refractivity contribution >= 4 is 29.0 Å². The molecule has 1 aliphatic carbocycles. The molecule has 0 aromatic rings. The Morgan fingerprint density at radius 3 is 2.54 bits per heavy atom. The van der Waals surface area contributed by atoms with Gasteiger partial charge in [0.25, 0.3) is 0 Å². The molecular formula is C10H14ClNS. The van der Waals surface area contributed by atoms with Crippen molar-refractivity contribution in [2.24, 2.45) is 4.99 Å². The molecule has 0 atom stereocenters. The van der Waals surface area contributed by atoms with Gasteiger partial charge in [0.1, 0.15) is 0 Å². The van der Waals surface area contributed by atoms with Crippen LogP contribution in [0.3, 0.4) is 0 Å². The van der Waals surface area contributed by atoms with Gasteiger partial charge >= 0.3 is 0 Å². The predicted octanol–water partition coefficient (Wildman–Crippen LogP) is 3.94. The number of aliphatic imine (C=N–C) groups is 1. The lowest BCUT2D eigenvalue weighted by Gasteiger charge is -2.12. The fourth-order valence-corrected chi connectivity index (χ4v) is 2.04. The van der Waals surface area contributed by atoms with Crippen molar-refractivity contribution in [3.05, 3.63) is 11.3 Å². The van der Waals surface area contributed by atoms with E-state index in [9.17, 15) is 0 Å². The molecule has 0 bridgehead atoms. The summed E-state index contributed by atoms with van der Waals surface area (Å²) < 4.78 is 0. The van der Waals surface area contributed by atoms with Crippen LogP contribution in [0.2, 0.25) is 0 Å². The van der Waals surface area contributed by atoms with Crippen LogP contribution in [-0.2, 0) is 0 Å². The second-order valence-electron chi connectivity index (χ2n) is 3.30. The highest BCUT2D eigenvalue weighted by Crippen LogP contribution is 2.24. The Morgan fingerprint density at radius 1 is 1.23 bits per heavy atom. The Bertz CT molecular complexity index is 241. The Balaban J connectivity index is 2.79. The molecule has 72 valence electrons. The van der Waals surface area contributed by atoms with Crippen molar-refractivity contribution in [3.63, 3.8) is 0 Å². The average Bonchev–Trinajstić information content (AvgIpc) is 2.10. The molecule has 1 nitrogen and oxygen atoms in total. The number of alkyl halides is 1. The van der Waals surface area contributed by atoms with Gasteiger partial charge in [0.05, 0.1) is 10.9 Å². The van der Waals surface area contributed by atoms with E-state index in [4.69, 9.17) is 11.6 Å². The third-order valence-corrected chi connectivity index (χ3v) is 2.81. The lowest BCUT2D eigenvalue weighted by molar-refractivity contribution is 0.609. The van der Waals surface area contributed by atoms with E-state index in [2.05, 4.69) is 22.4 Å². The first-order valence-corrected chi connectivity index (χ1v) is 5.67. The van der Waals surface area contributed by atoms with Gasteiger partial charge in [-0.1, -0.05) is 12.8 Å². The molecule has 0 spiro atoms. The van der Waals surface area contributed by atoms with E-state index in [0.29, 0.717) is 5.88 Å². The van der Waals surface area contributed by atoms with Crippen LogP contribution in [0.15, 0.2) is 16.3 Å². The molecule has 0 aromatic carbocycles. The number of isothiocyanates is 1. The quantitative estimate of drug-likeness (QED) is 0.386. The predicted molar refractivity (Wildman–Crippen MR) is 60.5 cm³/mol. The van der Waals surface area contributed by atoms with Crippen LogP contribution in [0.25, 0.3) is 0 Å². The maximum Gasteiger partial charge on any atom is 0.0637 e. The summed E-state index contributed by atoms with van der Waals surface area (Å²) in [6.45, 7) is 0. The van der Waals surface area contributed by atoms with Crippen molar-refractivity contribution < 1.29 is 0 Å². The van der Waals surface area contributed by atoms with Gasteiger partial charge in [-0.15, -0.1) is 11.6 Å². The minimum absolute atomic E-state index is 0.593. The van der Waals surface area contributed by atoms with Gasteiger partial charge in [-0.25, -0.2) is 0 Å². The zero-order chi connectivity index (χ0) is 9.52. The van der Waals surface area contributed by atoms with E-state index in [-0.39, 0.29) is 0 Å². The summed E-state index contributed by atoms with van der Waals surface area (Å²) >= 11 is 10.5. The first kappa shape index (κ1) is 10.9. The fourth-order valence-electron chi connectivity index (χ4n) is 1.64. The van der Waals surface area contributed by atoms with E-state index < -0.39 is 0 Å². The molecule has 1 aliphatic rings. The highest BCUT2D eigenvalue weighted by Gasteiger charge is 2.08. The minimum atomic E-state index is 0.593. The molecule has 0 heterocycles. The molecule has 0 aliphatic heterocycles. The lowest BCUT2D eigenvalue weighted by Crippen LogP contribution is -1.97. The number of allylic oxidation sites excluding steroid dienone is 2. The summed E-state index contributed by atoms with van der Waals surface area (Å²) in [5, 5.41) is 2.44. The number of hydrogen-bond acceptors (Lipinski definition) is 2. The van der Waals surface area contributed by atoms with E-state index in [0.717, 1.165) is 18.5 Å². The normalized spacial score (nSPS) is 24.4. The van der Waals surface area contributed by atoms with Crippen molar-refractivity contribution in [2.75, 3.05) is 5.88 Å². The summed E-state index contributed by atoms with van der Waals surface area (Å²) in [5.41, 5.74) is 2.35. The highest BCUT2D eigenvalue weighted by molar-refractivity contribution is 7.78. The Morgan fingerprint density at radius 2 is 1.92 bits per heavy atom. The molecule has 13 heavy (non-hydrogen) atoms. The van der Waals surface area contributed by atoms with Crippen LogP contribution in [-0.4, -0.2) is 11.0 Å². The number of rotatable bonds is 2. The van der Waals surface area contributed by atoms with Crippen LogP contribution >= 0.6 is 23.8 Å². The largest absolute Gasteiger partial charge is 0.199 e. The summed E-state index contributed by atoms with van der Waals surface area (Å²) in [5.74, 6) is 0.593. The van der Waals surface area contributed by atoms with E-state index in [1.807, 2.05) is 0 Å². The first-order chi connectivity index (χ1) is 6.38. The standard InChI is InChI=1S/C10H14ClNS/c11-7-9-5-3-1-2-4-6-10(9)12-8-13/h1-7H2/b10-9-. The van der Waals surface area contributed by atoms with Gasteiger partial charge in [0.2, 0.25) is 0 Å². The Kier molecular flexibility index (Phi) is 5.29. The summed E-state index contributed by atoms with van der Waals surface area (Å²) in [6.07, 6.45) is 7.15. The number of thiocarbonyl (C=S) groups is 1. The monoisotopic (exact) mass is 215 g/mol. The van der Waals surface area contributed by atoms with Gasteiger partial charge in [-0.3, -0.25) is 0 Å². The number of hydrogen-bond donors (Lipinski definition) is 0. The van der Waals surface area contributed by atoms with Crippen molar-refractivity contribution in [1.29, 1.82) is 0 Å². The molecule has 0 saturated carbocycles. The molecule has 0 N–H and O–H groups in total. The topological polar surface area (TPSA) is 12.4 Å². The van der Waals surface area contributed by atoms with Gasteiger partial charge in [-0.05, 0) is 43.5 Å². The molecule has 0 unspecified atom stereocenters. The molecule has 1 rings (SSSR count). The van der Waals surface area contributed by atoms with Crippen molar-refractivity contribution in [1.82, 2.24) is 0 Å². The molecule has 3 heteroatoms. The Hall–Kier alpha value is -0.170. The maximum atomic E-state index is 5.86. The van der Waals surface area contributed by atoms with Crippen LogP contribution in [0.5, 0.6) is 0 Å². The second-order valence-corrected chi connectivity index (χ2v) is 3.75. The van der Waals surface area contributed by atoms with Crippen molar-refractivity contribution in [3.8, 4) is 0 Å². The summed E-state index contributed by atoms with van der Waals surface area (Å²) in [6, 6.07) is 0. The highest BCUT2D eigenvalue weighted by atomic mass is 35.5. The van der Waals surface area contributed by atoms with Crippen LogP contribution < -0.4 is 0 Å². The fraction of sp³-hybridized carbons (Fsp3) is 0.700. The summed E-state index contributed by atoms with van der Waals surface area (Å²) in [7, 11) is 0. The van der Waals surface area contributed by atoms with Crippen LogP contribution in [0, 0.1) is 0 Å². The van der Waals surface area contributed by atoms with Crippen LogP contribution in [0.4, 0.5) is 0 Å². The third kappa shape index (κ3) is 3.60. The summed E-state index contributed by atoms with van der Waals surface area (Å²) in [4.78, 5) is 4.10. The van der Waals surface area contributed by atoms with Crippen molar-refractivity contribution in [2.45, 2.75) is 38.5 Å². The van der Waals surface area contributed by atoms with Gasteiger partial charge in [0, 0.05) is 5.88 Å². The number of halogens is 1. The molecular weight excluding hydrogens is 202 g/mol. The average molecular weight is 216 g/mol. The minimum Gasteiger partial charge on any atom is -0.199 e. The van der Waals surface area contributed by atoms with Gasteiger partial charge in [-0.2, -0.15) is 4.99 Å². The zero-order valence-corrected chi connectivity index (χ0v) is 9.26. The zero-order valence-electron chi connectivity index (χ0n) is 7.68. The molecule has 0 fully saturated rings.